The first-order valence-electron chi connectivity index (χ1n) is 8.53. The van der Waals surface area contributed by atoms with E-state index in [1.54, 1.807) is 6.33 Å². The van der Waals surface area contributed by atoms with Crippen molar-refractivity contribution in [2.24, 2.45) is 0 Å². The van der Waals surface area contributed by atoms with E-state index in [1.165, 1.54) is 0 Å². The molecule has 1 fully saturated rings. The van der Waals surface area contributed by atoms with Gasteiger partial charge in [0.2, 0.25) is 0 Å². The van der Waals surface area contributed by atoms with Gasteiger partial charge in [-0.15, -0.1) is 0 Å². The predicted octanol–water partition coefficient (Wildman–Crippen LogP) is 1.03. The summed E-state index contributed by atoms with van der Waals surface area (Å²) in [6.07, 6.45) is 6.97. The molecule has 3 N–H and O–H groups in total. The molecule has 6 heteroatoms. The van der Waals surface area contributed by atoms with Crippen LogP contribution in [0, 0.1) is 0 Å². The Morgan fingerprint density at radius 1 is 1.35 bits per heavy atom. The van der Waals surface area contributed by atoms with Gasteiger partial charge in [0, 0.05) is 44.3 Å². The van der Waals surface area contributed by atoms with Crippen LogP contribution in [0.25, 0.3) is 6.08 Å². The lowest BCUT2D eigenvalue weighted by Gasteiger charge is -2.33. The van der Waals surface area contributed by atoms with Crippen LogP contribution in [0.4, 0.5) is 5.82 Å². The molecule has 1 unspecified atom stereocenters. The highest BCUT2D eigenvalue weighted by Gasteiger charge is 2.31. The highest BCUT2D eigenvalue weighted by Crippen LogP contribution is 2.34. The van der Waals surface area contributed by atoms with Crippen LogP contribution in [-0.4, -0.2) is 60.7 Å². The molecule has 0 aromatic carbocycles. The lowest BCUT2D eigenvalue weighted by molar-refractivity contribution is 0.235. The van der Waals surface area contributed by atoms with E-state index in [4.69, 9.17) is 0 Å². The lowest BCUT2D eigenvalue weighted by Crippen LogP contribution is -2.47. The molecule has 0 spiro atoms. The van der Waals surface area contributed by atoms with Crippen molar-refractivity contribution in [1.82, 2.24) is 25.5 Å². The molecular formula is C17H28N6. The average molecular weight is 316 g/mol. The normalized spacial score (nSPS) is 25.9. The number of hydrogen-bond donors (Lipinski definition) is 3. The molecule has 126 valence electrons. The number of aromatic nitrogens is 2. The van der Waals surface area contributed by atoms with E-state index in [-0.39, 0.29) is 5.54 Å². The summed E-state index contributed by atoms with van der Waals surface area (Å²) in [5.41, 5.74) is 2.07. The van der Waals surface area contributed by atoms with E-state index < -0.39 is 0 Å². The minimum Gasteiger partial charge on any atom is -0.366 e. The first-order chi connectivity index (χ1) is 11.1. The van der Waals surface area contributed by atoms with Gasteiger partial charge < -0.3 is 16.0 Å². The van der Waals surface area contributed by atoms with Gasteiger partial charge in [-0.1, -0.05) is 12.2 Å². The molecule has 0 bridgehead atoms. The largest absolute Gasteiger partial charge is 0.366 e. The van der Waals surface area contributed by atoms with Crippen molar-refractivity contribution < 1.29 is 0 Å². The molecule has 1 aliphatic carbocycles. The van der Waals surface area contributed by atoms with E-state index in [0.717, 1.165) is 56.2 Å². The van der Waals surface area contributed by atoms with Gasteiger partial charge in [0.05, 0.1) is 11.2 Å². The molecule has 6 nitrogen and oxygen atoms in total. The molecule has 1 aliphatic heterocycles. The number of fused-ring (bicyclic) bond motifs is 1. The number of nitrogens with zero attached hydrogens (tertiary/aromatic N) is 3. The van der Waals surface area contributed by atoms with Crippen LogP contribution in [0.2, 0.25) is 0 Å². The monoisotopic (exact) mass is 316 g/mol. The first-order valence-corrected chi connectivity index (χ1v) is 8.53. The van der Waals surface area contributed by atoms with Crippen LogP contribution in [0.5, 0.6) is 0 Å². The molecule has 2 aliphatic rings. The molecule has 2 heterocycles. The molecule has 23 heavy (non-hydrogen) atoms. The topological polar surface area (TPSA) is 65.1 Å². The van der Waals surface area contributed by atoms with E-state index in [9.17, 15) is 0 Å². The number of nitrogens with one attached hydrogen (secondary N) is 3. The van der Waals surface area contributed by atoms with Crippen LogP contribution in [-0.2, 0) is 5.54 Å². The SMILES string of the molecule is CNC1(C)CC=Cc2c(N[C@@H](C)CN3CCNCC3)ncnc21. The summed E-state index contributed by atoms with van der Waals surface area (Å²) in [5.74, 6) is 0.940. The summed E-state index contributed by atoms with van der Waals surface area (Å²) in [4.78, 5) is 11.5. The molecule has 0 radical (unpaired) electrons. The van der Waals surface area contributed by atoms with Crippen LogP contribution < -0.4 is 16.0 Å². The van der Waals surface area contributed by atoms with E-state index in [1.807, 2.05) is 7.05 Å². The summed E-state index contributed by atoms with van der Waals surface area (Å²) in [5, 5.41) is 10.4. The number of rotatable bonds is 5. The van der Waals surface area contributed by atoms with Gasteiger partial charge in [-0.2, -0.15) is 0 Å². The Morgan fingerprint density at radius 3 is 2.87 bits per heavy atom. The summed E-state index contributed by atoms with van der Waals surface area (Å²) >= 11 is 0. The molecule has 1 aromatic rings. The van der Waals surface area contributed by atoms with Crippen molar-refractivity contribution in [3.63, 3.8) is 0 Å². The van der Waals surface area contributed by atoms with Crippen molar-refractivity contribution in [3.05, 3.63) is 23.7 Å². The molecular weight excluding hydrogens is 288 g/mol. The van der Waals surface area contributed by atoms with Crippen molar-refractivity contribution in [1.29, 1.82) is 0 Å². The maximum Gasteiger partial charge on any atom is 0.137 e. The second kappa shape index (κ2) is 6.95. The summed E-state index contributed by atoms with van der Waals surface area (Å²) < 4.78 is 0. The van der Waals surface area contributed by atoms with Gasteiger partial charge in [-0.25, -0.2) is 9.97 Å². The molecule has 1 saturated heterocycles. The quantitative estimate of drug-likeness (QED) is 0.754. The maximum absolute atomic E-state index is 4.54. The third-order valence-electron chi connectivity index (χ3n) is 4.89. The summed E-state index contributed by atoms with van der Waals surface area (Å²) in [6.45, 7) is 9.85. The first kappa shape index (κ1) is 16.4. The Labute approximate surface area is 138 Å². The van der Waals surface area contributed by atoms with Crippen molar-refractivity contribution in [3.8, 4) is 0 Å². The Bertz CT molecular complexity index is 566. The fourth-order valence-corrected chi connectivity index (χ4v) is 3.40. The second-order valence-corrected chi connectivity index (χ2v) is 6.77. The smallest absolute Gasteiger partial charge is 0.137 e. The third kappa shape index (κ3) is 3.54. The zero-order valence-corrected chi connectivity index (χ0v) is 14.4. The molecule has 0 amide bonds. The third-order valence-corrected chi connectivity index (χ3v) is 4.89. The van der Waals surface area contributed by atoms with Crippen LogP contribution >= 0.6 is 0 Å². The van der Waals surface area contributed by atoms with Gasteiger partial charge in [0.15, 0.2) is 0 Å². The Morgan fingerprint density at radius 2 is 2.13 bits per heavy atom. The van der Waals surface area contributed by atoms with Crippen molar-refractivity contribution in [2.75, 3.05) is 45.1 Å². The standard InChI is InChI=1S/C17H28N6/c1-13(11-23-9-7-19-8-10-23)22-16-14-5-4-6-17(2,18-3)15(14)20-12-21-16/h4-5,12-13,18-19H,6-11H2,1-3H3,(H,20,21,22)/t13-,17?/m0/s1. The highest BCUT2D eigenvalue weighted by molar-refractivity contribution is 5.68. The molecule has 2 atom stereocenters. The molecule has 0 saturated carbocycles. The average Bonchev–Trinajstić information content (AvgIpc) is 2.57. The number of piperazine rings is 1. The van der Waals surface area contributed by atoms with Crippen molar-refractivity contribution >= 4 is 11.9 Å². The number of anilines is 1. The second-order valence-electron chi connectivity index (χ2n) is 6.77. The van der Waals surface area contributed by atoms with Crippen LogP contribution in [0.3, 0.4) is 0 Å². The summed E-state index contributed by atoms with van der Waals surface area (Å²) in [6, 6.07) is 0.350. The van der Waals surface area contributed by atoms with E-state index >= 15 is 0 Å². The zero-order chi connectivity index (χ0) is 16.3. The van der Waals surface area contributed by atoms with E-state index in [2.05, 4.69) is 56.8 Å². The van der Waals surface area contributed by atoms with E-state index in [0.29, 0.717) is 6.04 Å². The maximum atomic E-state index is 4.54. The fourth-order valence-electron chi connectivity index (χ4n) is 3.40. The van der Waals surface area contributed by atoms with Crippen LogP contribution in [0.15, 0.2) is 12.4 Å². The van der Waals surface area contributed by atoms with Gasteiger partial charge in [0.25, 0.3) is 0 Å². The Hall–Kier alpha value is -1.50. The number of hydrogen-bond acceptors (Lipinski definition) is 6. The van der Waals surface area contributed by atoms with Crippen LogP contribution in [0.1, 0.15) is 31.5 Å². The van der Waals surface area contributed by atoms with Gasteiger partial charge in [-0.3, -0.25) is 4.90 Å². The Balaban J connectivity index is 1.74. The minimum atomic E-state index is -0.120. The molecule has 1 aromatic heterocycles. The Kier molecular flexibility index (Phi) is 4.94. The lowest BCUT2D eigenvalue weighted by atomic mass is 9.86. The van der Waals surface area contributed by atoms with Crippen molar-refractivity contribution in [2.45, 2.75) is 31.8 Å². The minimum absolute atomic E-state index is 0.120. The molecule has 3 rings (SSSR count). The van der Waals surface area contributed by atoms with Gasteiger partial charge >= 0.3 is 0 Å². The highest BCUT2D eigenvalue weighted by atomic mass is 15.2. The van der Waals surface area contributed by atoms with Gasteiger partial charge in [0.1, 0.15) is 12.1 Å². The summed E-state index contributed by atoms with van der Waals surface area (Å²) in [7, 11) is 1.99. The zero-order valence-electron chi connectivity index (χ0n) is 14.4. The predicted molar refractivity (Wildman–Crippen MR) is 94.5 cm³/mol. The fraction of sp³-hybridized carbons (Fsp3) is 0.647. The van der Waals surface area contributed by atoms with Gasteiger partial charge in [-0.05, 0) is 27.3 Å².